The van der Waals surface area contributed by atoms with Gasteiger partial charge in [-0.15, -0.1) is 0 Å². The summed E-state index contributed by atoms with van der Waals surface area (Å²) in [5.74, 6) is 0.302. The van der Waals surface area contributed by atoms with Gasteiger partial charge in [-0.25, -0.2) is 0 Å². The molecule has 1 aromatic carbocycles. The van der Waals surface area contributed by atoms with Gasteiger partial charge in [0.1, 0.15) is 5.69 Å². The van der Waals surface area contributed by atoms with Crippen molar-refractivity contribution in [3.8, 4) is 11.1 Å². The number of carbonyl (C=O) groups is 2. The third-order valence-electron chi connectivity index (χ3n) is 6.83. The van der Waals surface area contributed by atoms with Crippen molar-refractivity contribution in [1.82, 2.24) is 19.3 Å². The lowest BCUT2D eigenvalue weighted by molar-refractivity contribution is -0.131. The minimum Gasteiger partial charge on any atom is -0.343 e. The lowest BCUT2D eigenvalue weighted by Gasteiger charge is -2.35. The van der Waals surface area contributed by atoms with Gasteiger partial charge in [0, 0.05) is 62.6 Å². The molecule has 2 amide bonds. The van der Waals surface area contributed by atoms with Crippen LogP contribution in [0.15, 0.2) is 30.5 Å². The fourth-order valence-corrected chi connectivity index (χ4v) is 5.05. The molecule has 0 unspecified atom stereocenters. The van der Waals surface area contributed by atoms with E-state index in [0.29, 0.717) is 24.7 Å². The number of piperazine rings is 1. The molecule has 0 spiro atoms. The summed E-state index contributed by atoms with van der Waals surface area (Å²) < 4.78 is 2.13. The molecule has 7 heteroatoms. The number of hydrogen-bond donors (Lipinski definition) is 0. The van der Waals surface area contributed by atoms with E-state index in [9.17, 15) is 9.59 Å². The maximum Gasteiger partial charge on any atom is 0.271 e. The lowest BCUT2D eigenvalue weighted by atomic mass is 10.0. The van der Waals surface area contributed by atoms with Gasteiger partial charge in [0.15, 0.2) is 0 Å². The molecule has 0 radical (unpaired) electrons. The van der Waals surface area contributed by atoms with Crippen LogP contribution in [0.4, 0.5) is 0 Å². The number of unbranched alkanes of at least 4 members (excludes halogenated alkanes) is 1. The number of aromatic nitrogens is 1. The van der Waals surface area contributed by atoms with Crippen LogP contribution < -0.4 is 0 Å². The quantitative estimate of drug-likeness (QED) is 0.606. The van der Waals surface area contributed by atoms with E-state index in [2.05, 4.69) is 29.5 Å². The first-order valence-corrected chi connectivity index (χ1v) is 12.6. The van der Waals surface area contributed by atoms with Gasteiger partial charge in [0.05, 0.1) is 6.54 Å². The molecule has 2 aromatic rings. The van der Waals surface area contributed by atoms with Crippen molar-refractivity contribution >= 4 is 23.4 Å². The van der Waals surface area contributed by atoms with Crippen LogP contribution in [0.3, 0.4) is 0 Å². The molecule has 3 heterocycles. The fraction of sp³-hybridized carbons (Fsp3) is 0.538. The molecule has 2 aliphatic heterocycles. The molecule has 0 atom stereocenters. The van der Waals surface area contributed by atoms with Crippen molar-refractivity contribution in [1.29, 1.82) is 0 Å². The zero-order chi connectivity index (χ0) is 23.4. The Bertz CT molecular complexity index is 971. The van der Waals surface area contributed by atoms with E-state index in [1.54, 1.807) is 0 Å². The molecule has 6 nitrogen and oxygen atoms in total. The predicted molar refractivity (Wildman–Crippen MR) is 133 cm³/mol. The largest absolute Gasteiger partial charge is 0.343 e. The average Bonchev–Trinajstić information content (AvgIpc) is 3.47. The van der Waals surface area contributed by atoms with E-state index in [1.807, 2.05) is 34.1 Å². The summed E-state index contributed by atoms with van der Waals surface area (Å²) in [6.45, 7) is 10.1. The summed E-state index contributed by atoms with van der Waals surface area (Å²) in [5.41, 5.74) is 3.89. The van der Waals surface area contributed by atoms with Crippen LogP contribution >= 0.6 is 11.6 Å². The van der Waals surface area contributed by atoms with Gasteiger partial charge in [0.2, 0.25) is 5.91 Å². The summed E-state index contributed by atoms with van der Waals surface area (Å²) in [5, 5.41) is 0.689. The maximum absolute atomic E-state index is 13.8. The molecule has 2 saturated heterocycles. The van der Waals surface area contributed by atoms with Gasteiger partial charge >= 0.3 is 0 Å². The van der Waals surface area contributed by atoms with E-state index < -0.39 is 0 Å². The second kappa shape index (κ2) is 10.7. The van der Waals surface area contributed by atoms with Gasteiger partial charge in [0.25, 0.3) is 5.91 Å². The number of benzene rings is 1. The first-order chi connectivity index (χ1) is 16.0. The van der Waals surface area contributed by atoms with Gasteiger partial charge < -0.3 is 14.4 Å². The van der Waals surface area contributed by atoms with Crippen molar-refractivity contribution in [3.63, 3.8) is 0 Å². The summed E-state index contributed by atoms with van der Waals surface area (Å²) in [4.78, 5) is 32.4. The van der Waals surface area contributed by atoms with Crippen LogP contribution in [0, 0.1) is 6.92 Å². The second-order valence-corrected chi connectivity index (χ2v) is 9.68. The number of rotatable bonds is 7. The Balaban J connectivity index is 1.50. The lowest BCUT2D eigenvalue weighted by Crippen LogP contribution is -2.51. The molecule has 0 saturated carbocycles. The highest BCUT2D eigenvalue weighted by Gasteiger charge is 2.29. The maximum atomic E-state index is 13.8. The minimum atomic E-state index is 0.0784. The Labute approximate surface area is 202 Å². The first kappa shape index (κ1) is 23.8. The standard InChI is InChI=1S/C26H35ClN4O2/c1-3-4-11-31-18-20(2)24(21-7-9-22(27)10-8-21)25(31)26(33)30-16-14-28(15-17-30)19-23(32)29-12-5-6-13-29/h7-10,18H,3-6,11-17,19H2,1-2H3. The highest BCUT2D eigenvalue weighted by Crippen LogP contribution is 2.32. The van der Waals surface area contributed by atoms with E-state index in [1.165, 1.54) is 0 Å². The molecule has 178 valence electrons. The normalized spacial score (nSPS) is 17.1. The van der Waals surface area contributed by atoms with Crippen molar-refractivity contribution in [2.24, 2.45) is 0 Å². The molecular formula is C26H35ClN4O2. The number of halogens is 1. The van der Waals surface area contributed by atoms with Crippen LogP contribution in [0.2, 0.25) is 5.02 Å². The fourth-order valence-electron chi connectivity index (χ4n) is 4.93. The van der Waals surface area contributed by atoms with Crippen molar-refractivity contribution < 1.29 is 9.59 Å². The molecule has 2 aliphatic rings. The topological polar surface area (TPSA) is 48.8 Å². The number of likely N-dealkylation sites (tertiary alicyclic amines) is 1. The zero-order valence-electron chi connectivity index (χ0n) is 19.9. The average molecular weight is 471 g/mol. The Morgan fingerprint density at radius 1 is 0.939 bits per heavy atom. The van der Waals surface area contributed by atoms with Crippen LogP contribution in [0.1, 0.15) is 48.7 Å². The molecule has 2 fully saturated rings. The molecule has 4 rings (SSSR count). The summed E-state index contributed by atoms with van der Waals surface area (Å²) in [6, 6.07) is 7.75. The van der Waals surface area contributed by atoms with Gasteiger partial charge in [-0.05, 0) is 49.4 Å². The third kappa shape index (κ3) is 5.44. The van der Waals surface area contributed by atoms with E-state index >= 15 is 0 Å². The Morgan fingerprint density at radius 2 is 1.61 bits per heavy atom. The van der Waals surface area contributed by atoms with Crippen LogP contribution in [-0.4, -0.2) is 76.9 Å². The summed E-state index contributed by atoms with van der Waals surface area (Å²) in [6.07, 6.45) is 6.44. The molecule has 0 bridgehead atoms. The number of carbonyl (C=O) groups excluding carboxylic acids is 2. The monoisotopic (exact) mass is 470 g/mol. The van der Waals surface area contributed by atoms with Crippen LogP contribution in [0.5, 0.6) is 0 Å². The van der Waals surface area contributed by atoms with E-state index in [-0.39, 0.29) is 11.8 Å². The Kier molecular flexibility index (Phi) is 7.76. The predicted octanol–water partition coefficient (Wildman–Crippen LogP) is 4.30. The molecule has 0 aliphatic carbocycles. The van der Waals surface area contributed by atoms with Crippen molar-refractivity contribution in [3.05, 3.63) is 46.7 Å². The Hall–Kier alpha value is -2.31. The zero-order valence-corrected chi connectivity index (χ0v) is 20.6. The SMILES string of the molecule is CCCCn1cc(C)c(-c2ccc(Cl)cc2)c1C(=O)N1CCN(CC(=O)N2CCCC2)CC1. The smallest absolute Gasteiger partial charge is 0.271 e. The molecule has 33 heavy (non-hydrogen) atoms. The van der Waals surface area contributed by atoms with Crippen molar-refractivity contribution in [2.45, 2.75) is 46.1 Å². The highest BCUT2D eigenvalue weighted by atomic mass is 35.5. The molecule has 0 N–H and O–H groups in total. The van der Waals surface area contributed by atoms with Crippen LogP contribution in [0.25, 0.3) is 11.1 Å². The highest BCUT2D eigenvalue weighted by molar-refractivity contribution is 6.30. The van der Waals surface area contributed by atoms with Gasteiger partial charge in [-0.1, -0.05) is 37.1 Å². The van der Waals surface area contributed by atoms with E-state index in [0.717, 1.165) is 80.8 Å². The Morgan fingerprint density at radius 3 is 2.24 bits per heavy atom. The molecule has 1 aromatic heterocycles. The molecular weight excluding hydrogens is 436 g/mol. The minimum absolute atomic E-state index is 0.0784. The summed E-state index contributed by atoms with van der Waals surface area (Å²) in [7, 11) is 0. The third-order valence-corrected chi connectivity index (χ3v) is 7.08. The van der Waals surface area contributed by atoms with Gasteiger partial charge in [-0.2, -0.15) is 0 Å². The number of nitrogens with zero attached hydrogens (tertiary/aromatic N) is 4. The number of hydrogen-bond acceptors (Lipinski definition) is 3. The number of amides is 2. The number of aryl methyl sites for hydroxylation is 2. The van der Waals surface area contributed by atoms with Crippen molar-refractivity contribution in [2.75, 3.05) is 45.8 Å². The van der Waals surface area contributed by atoms with E-state index in [4.69, 9.17) is 11.6 Å². The van der Waals surface area contributed by atoms with Crippen LogP contribution in [-0.2, 0) is 11.3 Å². The summed E-state index contributed by atoms with van der Waals surface area (Å²) >= 11 is 6.12. The second-order valence-electron chi connectivity index (χ2n) is 9.25. The van der Waals surface area contributed by atoms with Gasteiger partial charge in [-0.3, -0.25) is 14.5 Å². The first-order valence-electron chi connectivity index (χ1n) is 12.2.